The third-order valence-electron chi connectivity index (χ3n) is 2.98. The Bertz CT molecular complexity index is 667. The molecule has 0 aliphatic rings. The summed E-state index contributed by atoms with van der Waals surface area (Å²) in [5.74, 6) is 0. The summed E-state index contributed by atoms with van der Waals surface area (Å²) in [6.45, 7) is 2.10. The van der Waals surface area contributed by atoms with E-state index in [0.717, 1.165) is 34.2 Å². The summed E-state index contributed by atoms with van der Waals surface area (Å²) in [5, 5.41) is 2.27. The Kier molecular flexibility index (Phi) is 1.86. The van der Waals surface area contributed by atoms with Crippen LogP contribution in [0.1, 0.15) is 12.6 Å². The van der Waals surface area contributed by atoms with Crippen LogP contribution >= 0.6 is 0 Å². The molecule has 0 spiro atoms. The van der Waals surface area contributed by atoms with Gasteiger partial charge in [0, 0.05) is 16.3 Å². The smallest absolute Gasteiger partial charge is 0.0704 e. The van der Waals surface area contributed by atoms with E-state index < -0.39 is 0 Å². The Labute approximate surface area is 93.3 Å². The highest BCUT2D eigenvalue weighted by Gasteiger charge is 2.10. The van der Waals surface area contributed by atoms with Crippen molar-refractivity contribution in [3.63, 3.8) is 0 Å². The Hall–Kier alpha value is -2.03. The third-order valence-corrected chi connectivity index (χ3v) is 2.98. The molecule has 0 bridgehead atoms. The number of hydrogen-bond donors (Lipinski definition) is 2. The molecule has 0 aliphatic carbocycles. The standard InChI is InChI=1S/C13H13N3/c1-2-10-13-12(9(14)7-15-10)8-5-3-4-6-11(8)16-13/h3-7,16H,2,14H2,1H3. The van der Waals surface area contributed by atoms with Gasteiger partial charge in [0.15, 0.2) is 0 Å². The van der Waals surface area contributed by atoms with Gasteiger partial charge < -0.3 is 10.7 Å². The molecule has 3 N–H and O–H groups in total. The average molecular weight is 211 g/mol. The Morgan fingerprint density at radius 2 is 2.12 bits per heavy atom. The molecule has 80 valence electrons. The molecule has 2 aromatic heterocycles. The van der Waals surface area contributed by atoms with Gasteiger partial charge in [0.25, 0.3) is 0 Å². The minimum absolute atomic E-state index is 0.740. The number of benzene rings is 1. The molecule has 0 radical (unpaired) electrons. The van der Waals surface area contributed by atoms with Gasteiger partial charge in [-0.05, 0) is 12.5 Å². The van der Waals surface area contributed by atoms with Gasteiger partial charge in [-0.2, -0.15) is 0 Å². The highest BCUT2D eigenvalue weighted by molar-refractivity contribution is 6.13. The average Bonchev–Trinajstić information content (AvgIpc) is 2.69. The summed E-state index contributed by atoms with van der Waals surface area (Å²) in [6.07, 6.45) is 2.66. The molecule has 3 aromatic rings. The summed E-state index contributed by atoms with van der Waals surface area (Å²) in [6, 6.07) is 8.20. The highest BCUT2D eigenvalue weighted by atomic mass is 14.8. The number of rotatable bonds is 1. The maximum atomic E-state index is 6.01. The predicted molar refractivity (Wildman–Crippen MR) is 67.4 cm³/mol. The molecule has 0 unspecified atom stereocenters. The van der Waals surface area contributed by atoms with E-state index in [1.54, 1.807) is 6.20 Å². The number of nitrogen functional groups attached to an aromatic ring is 1. The van der Waals surface area contributed by atoms with E-state index in [1.807, 2.05) is 12.1 Å². The monoisotopic (exact) mass is 211 g/mol. The van der Waals surface area contributed by atoms with E-state index in [4.69, 9.17) is 5.73 Å². The molecule has 0 atom stereocenters. The Morgan fingerprint density at radius 3 is 2.94 bits per heavy atom. The van der Waals surface area contributed by atoms with Crippen LogP contribution in [0.25, 0.3) is 21.8 Å². The van der Waals surface area contributed by atoms with Crippen molar-refractivity contribution < 1.29 is 0 Å². The highest BCUT2D eigenvalue weighted by Crippen LogP contribution is 2.30. The van der Waals surface area contributed by atoms with Crippen molar-refractivity contribution in [2.24, 2.45) is 0 Å². The van der Waals surface area contributed by atoms with Crippen LogP contribution in [0, 0.1) is 0 Å². The van der Waals surface area contributed by atoms with Gasteiger partial charge in [-0.25, -0.2) is 0 Å². The van der Waals surface area contributed by atoms with E-state index in [2.05, 4.69) is 29.0 Å². The minimum Gasteiger partial charge on any atom is -0.397 e. The first-order chi connectivity index (χ1) is 7.81. The summed E-state index contributed by atoms with van der Waals surface area (Å²) in [4.78, 5) is 7.76. The quantitative estimate of drug-likeness (QED) is 0.650. The zero-order valence-corrected chi connectivity index (χ0v) is 9.12. The molecule has 0 fully saturated rings. The largest absolute Gasteiger partial charge is 0.397 e. The second kappa shape index (κ2) is 3.23. The van der Waals surface area contributed by atoms with Gasteiger partial charge in [-0.3, -0.25) is 4.98 Å². The van der Waals surface area contributed by atoms with Crippen molar-refractivity contribution >= 4 is 27.5 Å². The van der Waals surface area contributed by atoms with Crippen LogP contribution < -0.4 is 5.73 Å². The number of nitrogens with one attached hydrogen (secondary N) is 1. The first-order valence-electron chi connectivity index (χ1n) is 5.45. The van der Waals surface area contributed by atoms with Crippen molar-refractivity contribution in [3.8, 4) is 0 Å². The van der Waals surface area contributed by atoms with Crippen LogP contribution in [0.4, 0.5) is 5.69 Å². The summed E-state index contributed by atoms with van der Waals surface area (Å²) in [7, 11) is 0. The van der Waals surface area contributed by atoms with Crippen LogP contribution in [-0.2, 0) is 6.42 Å². The van der Waals surface area contributed by atoms with E-state index in [-0.39, 0.29) is 0 Å². The lowest BCUT2D eigenvalue weighted by Gasteiger charge is -2.01. The first kappa shape index (κ1) is 9.21. The number of para-hydroxylation sites is 1. The van der Waals surface area contributed by atoms with Gasteiger partial charge in [0.1, 0.15) is 0 Å². The van der Waals surface area contributed by atoms with Crippen LogP contribution in [0.3, 0.4) is 0 Å². The fourth-order valence-electron chi connectivity index (χ4n) is 2.20. The topological polar surface area (TPSA) is 54.7 Å². The van der Waals surface area contributed by atoms with Crippen LogP contribution in [0.2, 0.25) is 0 Å². The molecule has 16 heavy (non-hydrogen) atoms. The minimum atomic E-state index is 0.740. The SMILES string of the molecule is CCc1ncc(N)c2c1[nH]c1ccccc12. The number of aryl methyl sites for hydroxylation is 1. The number of fused-ring (bicyclic) bond motifs is 3. The van der Waals surface area contributed by atoms with Crippen molar-refractivity contribution in [3.05, 3.63) is 36.2 Å². The number of aromatic amines is 1. The second-order valence-electron chi connectivity index (χ2n) is 3.93. The lowest BCUT2D eigenvalue weighted by molar-refractivity contribution is 1.05. The number of H-pyrrole nitrogens is 1. The summed E-state index contributed by atoms with van der Waals surface area (Å²) >= 11 is 0. The van der Waals surface area contributed by atoms with Gasteiger partial charge in [0.05, 0.1) is 23.1 Å². The zero-order chi connectivity index (χ0) is 11.1. The van der Waals surface area contributed by atoms with Gasteiger partial charge in [0.2, 0.25) is 0 Å². The third kappa shape index (κ3) is 1.11. The fraction of sp³-hybridized carbons (Fsp3) is 0.154. The molecule has 3 heteroatoms. The molecule has 2 heterocycles. The number of pyridine rings is 1. The Morgan fingerprint density at radius 1 is 1.31 bits per heavy atom. The maximum absolute atomic E-state index is 6.01. The summed E-state index contributed by atoms with van der Waals surface area (Å²) in [5.41, 5.74) is 10.0. The molecule has 3 nitrogen and oxygen atoms in total. The molecule has 1 aromatic carbocycles. The number of nitrogens with zero attached hydrogens (tertiary/aromatic N) is 1. The molecular formula is C13H13N3. The molecular weight excluding hydrogens is 198 g/mol. The van der Waals surface area contributed by atoms with Gasteiger partial charge in [-0.15, -0.1) is 0 Å². The van der Waals surface area contributed by atoms with E-state index >= 15 is 0 Å². The van der Waals surface area contributed by atoms with Crippen LogP contribution in [0.5, 0.6) is 0 Å². The van der Waals surface area contributed by atoms with E-state index in [1.165, 1.54) is 5.39 Å². The lowest BCUT2D eigenvalue weighted by Crippen LogP contribution is -1.93. The predicted octanol–water partition coefficient (Wildman–Crippen LogP) is 2.86. The van der Waals surface area contributed by atoms with Crippen molar-refractivity contribution in [2.75, 3.05) is 5.73 Å². The molecule has 0 saturated carbocycles. The molecule has 0 saturated heterocycles. The maximum Gasteiger partial charge on any atom is 0.0704 e. The fourth-order valence-corrected chi connectivity index (χ4v) is 2.20. The van der Waals surface area contributed by atoms with Crippen molar-refractivity contribution in [2.45, 2.75) is 13.3 Å². The first-order valence-corrected chi connectivity index (χ1v) is 5.45. The molecule has 0 amide bonds. The number of anilines is 1. The van der Waals surface area contributed by atoms with Gasteiger partial charge in [-0.1, -0.05) is 25.1 Å². The lowest BCUT2D eigenvalue weighted by atomic mass is 10.1. The van der Waals surface area contributed by atoms with E-state index in [0.29, 0.717) is 0 Å². The normalized spacial score (nSPS) is 11.3. The zero-order valence-electron chi connectivity index (χ0n) is 9.12. The Balaban J connectivity index is 2.58. The van der Waals surface area contributed by atoms with Gasteiger partial charge >= 0.3 is 0 Å². The van der Waals surface area contributed by atoms with E-state index in [9.17, 15) is 0 Å². The molecule has 3 rings (SSSR count). The summed E-state index contributed by atoms with van der Waals surface area (Å²) < 4.78 is 0. The number of aromatic nitrogens is 2. The van der Waals surface area contributed by atoms with Crippen molar-refractivity contribution in [1.29, 1.82) is 0 Å². The van der Waals surface area contributed by atoms with Crippen molar-refractivity contribution in [1.82, 2.24) is 9.97 Å². The van der Waals surface area contributed by atoms with Crippen LogP contribution in [0.15, 0.2) is 30.5 Å². The van der Waals surface area contributed by atoms with Crippen LogP contribution in [-0.4, -0.2) is 9.97 Å². The number of nitrogens with two attached hydrogens (primary N) is 1. The molecule has 0 aliphatic heterocycles. The number of hydrogen-bond acceptors (Lipinski definition) is 2. The second-order valence-corrected chi connectivity index (χ2v) is 3.93.